The number of nitrogens with zero attached hydrogens (tertiary/aromatic N) is 2. The van der Waals surface area contributed by atoms with Crippen molar-refractivity contribution >= 4 is 33.3 Å². The third-order valence-electron chi connectivity index (χ3n) is 2.78. The minimum absolute atomic E-state index is 0.661. The van der Waals surface area contributed by atoms with E-state index in [0.717, 1.165) is 10.1 Å². The van der Waals surface area contributed by atoms with Crippen molar-refractivity contribution in [1.82, 2.24) is 9.38 Å². The van der Waals surface area contributed by atoms with Gasteiger partial charge in [0, 0.05) is 28.5 Å². The number of rotatable bonds is 1. The summed E-state index contributed by atoms with van der Waals surface area (Å²) in [5.74, 6) is 3.17. The predicted molar refractivity (Wildman–Crippen MR) is 67.6 cm³/mol. The molecule has 1 saturated heterocycles. The monoisotopic (exact) mass is 282 g/mol. The maximum absolute atomic E-state index is 4.66. The molecule has 1 unspecified atom stereocenters. The second kappa shape index (κ2) is 3.83. The van der Waals surface area contributed by atoms with E-state index in [0.29, 0.717) is 5.92 Å². The maximum Gasteiger partial charge on any atom is 0.137 e. The van der Waals surface area contributed by atoms with Crippen molar-refractivity contribution in [3.05, 3.63) is 34.7 Å². The van der Waals surface area contributed by atoms with Gasteiger partial charge >= 0.3 is 0 Å². The molecule has 2 aromatic rings. The van der Waals surface area contributed by atoms with E-state index in [4.69, 9.17) is 0 Å². The Morgan fingerprint density at radius 2 is 2.33 bits per heavy atom. The molecule has 3 heterocycles. The van der Waals surface area contributed by atoms with Gasteiger partial charge in [-0.3, -0.25) is 0 Å². The maximum atomic E-state index is 4.66. The first-order valence-electron chi connectivity index (χ1n) is 5.05. The summed E-state index contributed by atoms with van der Waals surface area (Å²) in [6.45, 7) is 0. The van der Waals surface area contributed by atoms with Gasteiger partial charge in [-0.25, -0.2) is 4.98 Å². The lowest BCUT2D eigenvalue weighted by molar-refractivity contribution is 0.759. The highest BCUT2D eigenvalue weighted by Crippen LogP contribution is 2.31. The highest BCUT2D eigenvalue weighted by molar-refractivity contribution is 9.10. The molecule has 0 aliphatic carbocycles. The Bertz CT molecular complexity index is 488. The van der Waals surface area contributed by atoms with E-state index in [1.165, 1.54) is 23.6 Å². The molecule has 0 bridgehead atoms. The average Bonchev–Trinajstić information content (AvgIpc) is 2.84. The first-order valence-corrected chi connectivity index (χ1v) is 6.99. The second-order valence-corrected chi connectivity index (χ2v) is 5.90. The van der Waals surface area contributed by atoms with E-state index in [1.807, 2.05) is 17.8 Å². The van der Waals surface area contributed by atoms with E-state index in [1.54, 1.807) is 0 Å². The molecule has 0 spiro atoms. The molecule has 0 saturated carbocycles. The van der Waals surface area contributed by atoms with Crippen LogP contribution in [0.4, 0.5) is 0 Å². The van der Waals surface area contributed by atoms with Gasteiger partial charge in [0.1, 0.15) is 5.65 Å². The van der Waals surface area contributed by atoms with Crippen LogP contribution in [0.15, 0.2) is 29.0 Å². The van der Waals surface area contributed by atoms with E-state index >= 15 is 0 Å². The fraction of sp³-hybridized carbons (Fsp3) is 0.364. The Kier molecular flexibility index (Phi) is 2.48. The van der Waals surface area contributed by atoms with Crippen molar-refractivity contribution in [3.63, 3.8) is 0 Å². The number of hydrogen-bond donors (Lipinski definition) is 0. The van der Waals surface area contributed by atoms with Gasteiger partial charge in [0.25, 0.3) is 0 Å². The largest absolute Gasteiger partial charge is 0.306 e. The van der Waals surface area contributed by atoms with Gasteiger partial charge in [-0.1, -0.05) is 0 Å². The van der Waals surface area contributed by atoms with E-state index in [9.17, 15) is 0 Å². The Balaban J connectivity index is 2.05. The smallest absolute Gasteiger partial charge is 0.137 e. The van der Waals surface area contributed by atoms with Crippen molar-refractivity contribution in [1.29, 1.82) is 0 Å². The lowest BCUT2D eigenvalue weighted by Gasteiger charge is -2.01. The number of imidazole rings is 1. The van der Waals surface area contributed by atoms with Crippen LogP contribution in [0.5, 0.6) is 0 Å². The summed E-state index contributed by atoms with van der Waals surface area (Å²) in [4.78, 5) is 4.66. The van der Waals surface area contributed by atoms with Crippen molar-refractivity contribution in [2.75, 3.05) is 11.5 Å². The normalized spacial score (nSPS) is 21.3. The zero-order chi connectivity index (χ0) is 10.3. The summed E-state index contributed by atoms with van der Waals surface area (Å²) in [7, 11) is 0. The van der Waals surface area contributed by atoms with Crippen LogP contribution in [-0.2, 0) is 0 Å². The van der Waals surface area contributed by atoms with Crippen molar-refractivity contribution in [3.8, 4) is 0 Å². The summed E-state index contributed by atoms with van der Waals surface area (Å²) in [5.41, 5.74) is 2.29. The molecule has 1 aliphatic heterocycles. The molecule has 15 heavy (non-hydrogen) atoms. The molecule has 0 radical (unpaired) electrons. The number of halogens is 1. The van der Waals surface area contributed by atoms with Crippen LogP contribution < -0.4 is 0 Å². The third kappa shape index (κ3) is 1.81. The van der Waals surface area contributed by atoms with Gasteiger partial charge in [0.05, 0.1) is 5.69 Å². The molecule has 4 heteroatoms. The van der Waals surface area contributed by atoms with Crippen LogP contribution in [0, 0.1) is 0 Å². The third-order valence-corrected chi connectivity index (χ3v) is 4.41. The number of hydrogen-bond acceptors (Lipinski definition) is 2. The zero-order valence-electron chi connectivity index (χ0n) is 8.19. The van der Waals surface area contributed by atoms with Crippen LogP contribution in [0.25, 0.3) is 5.65 Å². The van der Waals surface area contributed by atoms with E-state index in [2.05, 4.69) is 43.8 Å². The van der Waals surface area contributed by atoms with Crippen LogP contribution in [-0.4, -0.2) is 20.9 Å². The molecule has 0 amide bonds. The fourth-order valence-electron chi connectivity index (χ4n) is 1.95. The molecule has 0 N–H and O–H groups in total. The Hall–Kier alpha value is -0.480. The van der Waals surface area contributed by atoms with Gasteiger partial charge in [0.15, 0.2) is 0 Å². The molecule has 78 valence electrons. The molecular formula is C11H11BrN2S. The standard InChI is InChI=1S/C11H11BrN2S/c12-9-1-2-11-13-10(6-14(11)5-9)8-3-4-15-7-8/h1-2,5-6,8H,3-4,7H2. The number of fused-ring (bicyclic) bond motifs is 1. The van der Waals surface area contributed by atoms with E-state index < -0.39 is 0 Å². The minimum Gasteiger partial charge on any atom is -0.306 e. The summed E-state index contributed by atoms with van der Waals surface area (Å²) >= 11 is 5.50. The first kappa shape index (κ1) is 9.73. The quantitative estimate of drug-likeness (QED) is 0.798. The number of thioether (sulfide) groups is 1. The van der Waals surface area contributed by atoms with Crippen molar-refractivity contribution in [2.45, 2.75) is 12.3 Å². The highest BCUT2D eigenvalue weighted by Gasteiger charge is 2.20. The van der Waals surface area contributed by atoms with Crippen LogP contribution in [0.2, 0.25) is 0 Å². The van der Waals surface area contributed by atoms with Crippen molar-refractivity contribution in [2.24, 2.45) is 0 Å². The number of aromatic nitrogens is 2. The molecule has 2 aromatic heterocycles. The Labute approximate surface area is 101 Å². The van der Waals surface area contributed by atoms with Gasteiger partial charge in [0.2, 0.25) is 0 Å². The number of pyridine rings is 1. The van der Waals surface area contributed by atoms with Crippen LogP contribution >= 0.6 is 27.7 Å². The lowest BCUT2D eigenvalue weighted by Crippen LogP contribution is -1.95. The molecule has 1 atom stereocenters. The van der Waals surface area contributed by atoms with Crippen molar-refractivity contribution < 1.29 is 0 Å². The Morgan fingerprint density at radius 3 is 3.13 bits per heavy atom. The fourth-order valence-corrected chi connectivity index (χ4v) is 3.54. The average molecular weight is 283 g/mol. The SMILES string of the molecule is Brc1ccc2nc(C3CCSC3)cn2c1. The Morgan fingerprint density at radius 1 is 1.40 bits per heavy atom. The summed E-state index contributed by atoms with van der Waals surface area (Å²) in [6.07, 6.45) is 5.50. The van der Waals surface area contributed by atoms with Gasteiger partial charge in [-0.2, -0.15) is 11.8 Å². The molecule has 1 aliphatic rings. The first-order chi connectivity index (χ1) is 7.33. The molecule has 3 rings (SSSR count). The van der Waals surface area contributed by atoms with Gasteiger partial charge < -0.3 is 4.40 Å². The van der Waals surface area contributed by atoms with Crippen LogP contribution in [0.1, 0.15) is 18.0 Å². The summed E-state index contributed by atoms with van der Waals surface area (Å²) in [6, 6.07) is 4.09. The zero-order valence-corrected chi connectivity index (χ0v) is 10.6. The highest BCUT2D eigenvalue weighted by atomic mass is 79.9. The summed E-state index contributed by atoms with van der Waals surface area (Å²) in [5, 5.41) is 0. The minimum atomic E-state index is 0.661. The van der Waals surface area contributed by atoms with E-state index in [-0.39, 0.29) is 0 Å². The lowest BCUT2D eigenvalue weighted by atomic mass is 10.1. The summed E-state index contributed by atoms with van der Waals surface area (Å²) < 4.78 is 3.20. The molecule has 1 fully saturated rings. The predicted octanol–water partition coefficient (Wildman–Crippen LogP) is 3.32. The van der Waals surface area contributed by atoms with Gasteiger partial charge in [-0.05, 0) is 40.2 Å². The molecular weight excluding hydrogens is 272 g/mol. The van der Waals surface area contributed by atoms with Gasteiger partial charge in [-0.15, -0.1) is 0 Å². The topological polar surface area (TPSA) is 17.3 Å². The molecule has 2 nitrogen and oxygen atoms in total. The second-order valence-electron chi connectivity index (χ2n) is 3.84. The van der Waals surface area contributed by atoms with Crippen LogP contribution in [0.3, 0.4) is 0 Å². The molecule has 0 aromatic carbocycles.